The van der Waals surface area contributed by atoms with Gasteiger partial charge >= 0.3 is 10.3 Å². The zero-order valence-corrected chi connectivity index (χ0v) is 15.5. The number of halogens is 1. The maximum atomic E-state index is 13.4. The summed E-state index contributed by atoms with van der Waals surface area (Å²) < 4.78 is 47.5. The van der Waals surface area contributed by atoms with E-state index in [1.807, 2.05) is 6.07 Å². The monoisotopic (exact) mass is 407 g/mol. The first-order valence-corrected chi connectivity index (χ1v) is 10.1. The van der Waals surface area contributed by atoms with Crippen molar-refractivity contribution in [3.05, 3.63) is 42.5 Å². The molecule has 4 rings (SSSR count). The van der Waals surface area contributed by atoms with Crippen LogP contribution in [-0.4, -0.2) is 40.6 Å². The second-order valence-electron chi connectivity index (χ2n) is 6.40. The summed E-state index contributed by atoms with van der Waals surface area (Å²) in [6, 6.07) is 7.08. The van der Waals surface area contributed by atoms with Gasteiger partial charge in [-0.25, -0.2) is 24.5 Å². The van der Waals surface area contributed by atoms with Gasteiger partial charge in [-0.2, -0.15) is 8.42 Å². The summed E-state index contributed by atoms with van der Waals surface area (Å²) in [6.07, 6.45) is 3.44. The smallest absolute Gasteiger partial charge is 0.333 e. The zero-order chi connectivity index (χ0) is 19.7. The van der Waals surface area contributed by atoms with Crippen molar-refractivity contribution in [2.24, 2.45) is 5.14 Å². The van der Waals surface area contributed by atoms with Crippen LogP contribution in [-0.2, 0) is 25.9 Å². The number of hydrogen-bond donors (Lipinski definition) is 1. The Kier molecular flexibility index (Phi) is 5.06. The van der Waals surface area contributed by atoms with Crippen LogP contribution in [0.5, 0.6) is 0 Å². The molecule has 28 heavy (non-hydrogen) atoms. The first kappa shape index (κ1) is 18.9. The molecule has 3 heterocycles. The highest BCUT2D eigenvalue weighted by Gasteiger charge is 2.29. The van der Waals surface area contributed by atoms with E-state index in [1.165, 1.54) is 6.33 Å². The van der Waals surface area contributed by atoms with Gasteiger partial charge in [0, 0.05) is 5.56 Å². The van der Waals surface area contributed by atoms with E-state index in [4.69, 9.17) is 9.88 Å². The van der Waals surface area contributed by atoms with Crippen LogP contribution in [0.1, 0.15) is 24.6 Å². The van der Waals surface area contributed by atoms with Crippen LogP contribution in [0.3, 0.4) is 0 Å². The van der Waals surface area contributed by atoms with Crippen LogP contribution in [0.25, 0.3) is 22.4 Å². The third kappa shape index (κ3) is 3.74. The summed E-state index contributed by atoms with van der Waals surface area (Å²) in [7, 11) is -4.01. The number of benzene rings is 1. The molecule has 0 amide bonds. The summed E-state index contributed by atoms with van der Waals surface area (Å²) in [5.41, 5.74) is 2.82. The van der Waals surface area contributed by atoms with Gasteiger partial charge in [0.25, 0.3) is 0 Å². The van der Waals surface area contributed by atoms with Crippen LogP contribution in [0.4, 0.5) is 4.39 Å². The number of imidazole rings is 1. The van der Waals surface area contributed by atoms with Gasteiger partial charge < -0.3 is 4.74 Å². The van der Waals surface area contributed by atoms with E-state index in [0.29, 0.717) is 40.8 Å². The second-order valence-corrected chi connectivity index (χ2v) is 7.63. The van der Waals surface area contributed by atoms with Gasteiger partial charge in [-0.15, -0.1) is 0 Å². The van der Waals surface area contributed by atoms with E-state index in [2.05, 4.69) is 19.1 Å². The Balaban J connectivity index is 1.63. The molecule has 2 aromatic heterocycles. The Morgan fingerprint density at radius 2 is 2.07 bits per heavy atom. The molecule has 9 nitrogen and oxygen atoms in total. The molecule has 3 aromatic rings. The van der Waals surface area contributed by atoms with E-state index in [0.717, 1.165) is 0 Å². The Hall–Kier alpha value is -2.47. The number of aromatic nitrogens is 4. The van der Waals surface area contributed by atoms with Gasteiger partial charge in [-0.05, 0) is 18.4 Å². The molecule has 1 aromatic carbocycles. The van der Waals surface area contributed by atoms with Gasteiger partial charge in [-0.3, -0.25) is 8.75 Å². The molecule has 0 saturated carbocycles. The van der Waals surface area contributed by atoms with E-state index >= 15 is 0 Å². The highest BCUT2D eigenvalue weighted by atomic mass is 32.2. The highest BCUT2D eigenvalue weighted by Crippen LogP contribution is 2.33. The Morgan fingerprint density at radius 1 is 1.25 bits per heavy atom. The second kappa shape index (κ2) is 7.51. The molecule has 1 saturated heterocycles. The summed E-state index contributed by atoms with van der Waals surface area (Å²) in [4.78, 5) is 13.0. The van der Waals surface area contributed by atoms with Gasteiger partial charge in [-0.1, -0.05) is 24.3 Å². The molecular formula is C17H18FN5O4S. The van der Waals surface area contributed by atoms with Gasteiger partial charge in [0.1, 0.15) is 30.4 Å². The predicted octanol–water partition coefficient (Wildman–Crippen LogP) is 1.86. The fraction of sp³-hybridized carbons (Fsp3) is 0.353. The molecule has 0 spiro atoms. The van der Waals surface area contributed by atoms with Crippen molar-refractivity contribution in [1.82, 2.24) is 19.5 Å². The average Bonchev–Trinajstić information content (AvgIpc) is 3.32. The lowest BCUT2D eigenvalue weighted by Crippen LogP contribution is -2.23. The Labute approximate surface area is 160 Å². The maximum Gasteiger partial charge on any atom is 0.333 e. The lowest BCUT2D eigenvalue weighted by Gasteiger charge is -2.15. The Bertz CT molecular complexity index is 1100. The normalized spacial score (nSPS) is 20.1. The minimum atomic E-state index is -4.01. The summed E-state index contributed by atoms with van der Waals surface area (Å²) in [5, 5.41) is 4.85. The first-order valence-electron chi connectivity index (χ1n) is 8.60. The summed E-state index contributed by atoms with van der Waals surface area (Å²) in [6.45, 7) is -0.758. The van der Waals surface area contributed by atoms with Crippen molar-refractivity contribution in [2.75, 3.05) is 6.61 Å². The van der Waals surface area contributed by atoms with Crippen LogP contribution in [0.2, 0.25) is 0 Å². The molecule has 2 N–H and O–H groups in total. The minimum absolute atomic E-state index is 0.147. The molecule has 1 aliphatic rings. The van der Waals surface area contributed by atoms with E-state index in [9.17, 15) is 12.8 Å². The lowest BCUT2D eigenvalue weighted by atomic mass is 10.0. The Morgan fingerprint density at radius 3 is 2.86 bits per heavy atom. The minimum Gasteiger partial charge on any atom is -0.352 e. The standard InChI is InChI=1S/C17H18FN5O4S/c18-7-11-3-1-2-4-13(11)15-16-17(21-9-20-15)23(10-22-16)14-6-5-12(27-14)8-26-28(19,24)25/h1-4,9-10,12,14H,5-8H2,(H2,19,24,25)/t12-,14+/m0/s1. The molecule has 0 radical (unpaired) electrons. The van der Waals surface area contributed by atoms with E-state index in [-0.39, 0.29) is 12.8 Å². The van der Waals surface area contributed by atoms with Crippen molar-refractivity contribution in [2.45, 2.75) is 31.8 Å². The molecule has 1 aliphatic heterocycles. The number of alkyl halides is 1. The van der Waals surface area contributed by atoms with Crippen molar-refractivity contribution >= 4 is 21.5 Å². The van der Waals surface area contributed by atoms with Crippen LogP contribution in [0, 0.1) is 0 Å². The largest absolute Gasteiger partial charge is 0.352 e. The lowest BCUT2D eigenvalue weighted by molar-refractivity contribution is -0.0149. The van der Waals surface area contributed by atoms with Crippen molar-refractivity contribution in [3.63, 3.8) is 0 Å². The van der Waals surface area contributed by atoms with E-state index in [1.54, 1.807) is 29.1 Å². The van der Waals surface area contributed by atoms with Gasteiger partial charge in [0.15, 0.2) is 5.65 Å². The fourth-order valence-electron chi connectivity index (χ4n) is 3.31. The molecule has 148 valence electrons. The number of rotatable bonds is 6. The van der Waals surface area contributed by atoms with Crippen LogP contribution in [0.15, 0.2) is 36.9 Å². The average molecular weight is 407 g/mol. The number of nitrogens with two attached hydrogens (primary N) is 1. The molecule has 0 bridgehead atoms. The first-order chi connectivity index (χ1) is 13.5. The molecular weight excluding hydrogens is 389 g/mol. The number of nitrogens with zero attached hydrogens (tertiary/aromatic N) is 4. The zero-order valence-electron chi connectivity index (χ0n) is 14.7. The molecule has 0 unspecified atom stereocenters. The van der Waals surface area contributed by atoms with E-state index < -0.39 is 23.1 Å². The van der Waals surface area contributed by atoms with Crippen molar-refractivity contribution < 1.29 is 21.7 Å². The summed E-state index contributed by atoms with van der Waals surface area (Å²) >= 11 is 0. The number of ether oxygens (including phenoxy) is 1. The third-order valence-corrected chi connectivity index (χ3v) is 5.05. The number of fused-ring (bicyclic) bond motifs is 1. The highest BCUT2D eigenvalue weighted by molar-refractivity contribution is 7.84. The maximum absolute atomic E-state index is 13.4. The number of hydrogen-bond acceptors (Lipinski definition) is 7. The third-order valence-electron chi connectivity index (χ3n) is 4.59. The SMILES string of the molecule is NS(=O)(=O)OC[C@@H]1CC[C@H](n2cnc3c(-c4ccccc4CF)ncnc32)O1. The molecule has 0 aliphatic carbocycles. The van der Waals surface area contributed by atoms with Gasteiger partial charge in [0.2, 0.25) is 0 Å². The molecule has 2 atom stereocenters. The van der Waals surface area contributed by atoms with Crippen LogP contribution >= 0.6 is 0 Å². The quantitative estimate of drug-likeness (QED) is 0.662. The van der Waals surface area contributed by atoms with Gasteiger partial charge in [0.05, 0.1) is 19.0 Å². The predicted molar refractivity (Wildman–Crippen MR) is 97.8 cm³/mol. The van der Waals surface area contributed by atoms with Crippen molar-refractivity contribution in [1.29, 1.82) is 0 Å². The summed E-state index contributed by atoms with van der Waals surface area (Å²) in [5.74, 6) is 0. The van der Waals surface area contributed by atoms with Crippen LogP contribution < -0.4 is 5.14 Å². The topological polar surface area (TPSA) is 122 Å². The molecule has 1 fully saturated rings. The van der Waals surface area contributed by atoms with Crippen molar-refractivity contribution in [3.8, 4) is 11.3 Å². The fourth-order valence-corrected chi connectivity index (χ4v) is 3.65. The molecule has 11 heteroatoms.